The Morgan fingerprint density at radius 1 is 1.14 bits per heavy atom. The summed E-state index contributed by atoms with van der Waals surface area (Å²) in [7, 11) is 0. The molecule has 0 aliphatic rings. The monoisotopic (exact) mass is 307 g/mol. The fraction of sp³-hybridized carbons (Fsp3) is 0.133. The normalized spacial score (nSPS) is 11.0. The van der Waals surface area contributed by atoms with E-state index in [9.17, 15) is 8.78 Å². The smallest absolute Gasteiger partial charge is 0.161 e. The lowest BCUT2D eigenvalue weighted by Crippen LogP contribution is -2.09. The molecule has 0 spiro atoms. The minimum atomic E-state index is -0.884. The predicted molar refractivity (Wildman–Crippen MR) is 79.6 cm³/mol. The number of hydrogen-bond donors (Lipinski definition) is 1. The third kappa shape index (κ3) is 2.97. The van der Waals surface area contributed by atoms with Gasteiger partial charge in [0.15, 0.2) is 11.6 Å². The Kier molecular flexibility index (Phi) is 3.75. The van der Waals surface area contributed by atoms with Crippen molar-refractivity contribution >= 4 is 28.3 Å². The van der Waals surface area contributed by atoms with Crippen LogP contribution >= 0.6 is 11.6 Å². The summed E-state index contributed by atoms with van der Waals surface area (Å²) >= 11 is 5.90. The first-order valence-electron chi connectivity index (χ1n) is 6.43. The van der Waals surface area contributed by atoms with Crippen LogP contribution in [-0.2, 0) is 6.54 Å². The molecule has 2 aromatic carbocycles. The van der Waals surface area contributed by atoms with Crippen LogP contribution in [0.5, 0.6) is 0 Å². The summed E-state index contributed by atoms with van der Waals surface area (Å²) in [4.78, 5) is 4.07. The van der Waals surface area contributed by atoms with Crippen molar-refractivity contribution in [2.45, 2.75) is 6.54 Å². The number of rotatable bonds is 4. The molecule has 0 atom stereocenters. The van der Waals surface area contributed by atoms with Gasteiger partial charge < -0.3 is 9.88 Å². The third-order valence-electron chi connectivity index (χ3n) is 3.17. The molecule has 21 heavy (non-hydrogen) atoms. The molecule has 3 aromatic rings. The summed E-state index contributed by atoms with van der Waals surface area (Å²) in [5, 5.41) is 3.87. The van der Waals surface area contributed by atoms with Crippen LogP contribution < -0.4 is 5.32 Å². The van der Waals surface area contributed by atoms with E-state index in [-0.39, 0.29) is 0 Å². The van der Waals surface area contributed by atoms with Crippen LogP contribution in [0.3, 0.4) is 0 Å². The number of hydrogen-bond acceptors (Lipinski definition) is 2. The van der Waals surface area contributed by atoms with Crippen molar-refractivity contribution in [3.05, 3.63) is 59.4 Å². The number of aromatic nitrogens is 2. The van der Waals surface area contributed by atoms with E-state index in [0.29, 0.717) is 29.1 Å². The molecule has 0 fully saturated rings. The van der Waals surface area contributed by atoms with Gasteiger partial charge >= 0.3 is 0 Å². The minimum absolute atomic E-state index is 0.441. The van der Waals surface area contributed by atoms with Crippen LogP contribution in [-0.4, -0.2) is 16.1 Å². The second-order valence-electron chi connectivity index (χ2n) is 4.63. The van der Waals surface area contributed by atoms with Gasteiger partial charge in [-0.2, -0.15) is 0 Å². The average Bonchev–Trinajstić information content (AvgIpc) is 2.82. The van der Waals surface area contributed by atoms with Gasteiger partial charge in [0.05, 0.1) is 17.4 Å². The predicted octanol–water partition coefficient (Wildman–Crippen LogP) is 4.08. The molecule has 0 aliphatic carbocycles. The van der Waals surface area contributed by atoms with Gasteiger partial charge in [0, 0.05) is 35.9 Å². The molecule has 0 bridgehead atoms. The Hall–Kier alpha value is -2.14. The average molecular weight is 308 g/mol. The van der Waals surface area contributed by atoms with E-state index in [0.717, 1.165) is 17.8 Å². The van der Waals surface area contributed by atoms with Crippen LogP contribution in [0.4, 0.5) is 14.5 Å². The van der Waals surface area contributed by atoms with Gasteiger partial charge in [0.1, 0.15) is 0 Å². The van der Waals surface area contributed by atoms with Gasteiger partial charge in [0.25, 0.3) is 0 Å². The third-order valence-corrected chi connectivity index (χ3v) is 3.40. The summed E-state index contributed by atoms with van der Waals surface area (Å²) in [6.07, 6.45) is 1.57. The minimum Gasteiger partial charge on any atom is -0.383 e. The number of nitrogens with one attached hydrogen (secondary N) is 1. The standard InChI is InChI=1S/C15H12ClF2N3/c16-10-2-1-3-11(6-10)19-4-5-21-9-20-14-7-12(17)13(18)8-15(14)21/h1-3,6-9,19H,4-5H2. The van der Waals surface area contributed by atoms with Gasteiger partial charge in [-0.3, -0.25) is 0 Å². The molecule has 0 amide bonds. The lowest BCUT2D eigenvalue weighted by Gasteiger charge is -2.08. The Morgan fingerprint density at radius 2 is 1.95 bits per heavy atom. The molecule has 1 heterocycles. The summed E-state index contributed by atoms with van der Waals surface area (Å²) < 4.78 is 28.2. The maximum absolute atomic E-state index is 13.3. The first kappa shape index (κ1) is 13.8. The van der Waals surface area contributed by atoms with Crippen molar-refractivity contribution in [3.63, 3.8) is 0 Å². The van der Waals surface area contributed by atoms with Crippen LogP contribution in [0.15, 0.2) is 42.7 Å². The summed E-state index contributed by atoms with van der Waals surface area (Å²) in [5.74, 6) is -1.75. The van der Waals surface area contributed by atoms with E-state index in [1.807, 2.05) is 18.2 Å². The molecule has 0 saturated heterocycles. The lowest BCUT2D eigenvalue weighted by molar-refractivity contribution is 0.510. The molecule has 0 radical (unpaired) electrons. The Labute approximate surface area is 125 Å². The van der Waals surface area contributed by atoms with E-state index >= 15 is 0 Å². The molecule has 0 saturated carbocycles. The molecule has 0 aliphatic heterocycles. The molecule has 1 aromatic heterocycles. The fourth-order valence-electron chi connectivity index (χ4n) is 2.15. The summed E-state index contributed by atoms with van der Waals surface area (Å²) in [6.45, 7) is 1.19. The largest absolute Gasteiger partial charge is 0.383 e. The quantitative estimate of drug-likeness (QED) is 0.787. The molecule has 0 unspecified atom stereocenters. The topological polar surface area (TPSA) is 29.9 Å². The van der Waals surface area contributed by atoms with E-state index in [2.05, 4.69) is 10.3 Å². The van der Waals surface area contributed by atoms with E-state index in [4.69, 9.17) is 11.6 Å². The summed E-state index contributed by atoms with van der Waals surface area (Å²) in [5.41, 5.74) is 1.92. The number of halogens is 3. The van der Waals surface area contributed by atoms with Crippen LogP contribution in [0.1, 0.15) is 0 Å². The molecule has 3 nitrogen and oxygen atoms in total. The van der Waals surface area contributed by atoms with Gasteiger partial charge in [0.2, 0.25) is 0 Å². The van der Waals surface area contributed by atoms with Crippen LogP contribution in [0.25, 0.3) is 11.0 Å². The number of benzene rings is 2. The molecular weight excluding hydrogens is 296 g/mol. The number of fused-ring (bicyclic) bond motifs is 1. The fourth-order valence-corrected chi connectivity index (χ4v) is 2.34. The Balaban J connectivity index is 1.72. The first-order chi connectivity index (χ1) is 10.1. The van der Waals surface area contributed by atoms with Crippen molar-refractivity contribution in [3.8, 4) is 0 Å². The second-order valence-corrected chi connectivity index (χ2v) is 5.07. The van der Waals surface area contributed by atoms with E-state index in [1.165, 1.54) is 0 Å². The highest BCUT2D eigenvalue weighted by atomic mass is 35.5. The molecular formula is C15H12ClF2N3. The zero-order valence-corrected chi connectivity index (χ0v) is 11.7. The van der Waals surface area contributed by atoms with Crippen molar-refractivity contribution < 1.29 is 8.78 Å². The Morgan fingerprint density at radius 3 is 2.76 bits per heavy atom. The number of nitrogens with zero attached hydrogens (tertiary/aromatic N) is 2. The highest BCUT2D eigenvalue weighted by Gasteiger charge is 2.08. The van der Waals surface area contributed by atoms with Gasteiger partial charge in [-0.25, -0.2) is 13.8 Å². The second kappa shape index (κ2) is 5.69. The van der Waals surface area contributed by atoms with Gasteiger partial charge in [-0.1, -0.05) is 17.7 Å². The van der Waals surface area contributed by atoms with Crippen molar-refractivity contribution in [2.75, 3.05) is 11.9 Å². The lowest BCUT2D eigenvalue weighted by atomic mass is 10.3. The number of imidazole rings is 1. The zero-order valence-electron chi connectivity index (χ0n) is 11.0. The molecule has 108 valence electrons. The van der Waals surface area contributed by atoms with Gasteiger partial charge in [-0.15, -0.1) is 0 Å². The summed E-state index contributed by atoms with van der Waals surface area (Å²) in [6, 6.07) is 9.65. The zero-order chi connectivity index (χ0) is 14.8. The molecule has 3 rings (SSSR count). The van der Waals surface area contributed by atoms with Gasteiger partial charge in [-0.05, 0) is 18.2 Å². The molecule has 6 heteroatoms. The van der Waals surface area contributed by atoms with Crippen LogP contribution in [0, 0.1) is 11.6 Å². The van der Waals surface area contributed by atoms with Crippen molar-refractivity contribution in [1.29, 1.82) is 0 Å². The first-order valence-corrected chi connectivity index (χ1v) is 6.80. The SMILES string of the molecule is Fc1cc2ncn(CCNc3cccc(Cl)c3)c2cc1F. The van der Waals surface area contributed by atoms with Crippen molar-refractivity contribution in [2.24, 2.45) is 0 Å². The molecule has 1 N–H and O–H groups in total. The highest BCUT2D eigenvalue weighted by molar-refractivity contribution is 6.30. The highest BCUT2D eigenvalue weighted by Crippen LogP contribution is 2.18. The van der Waals surface area contributed by atoms with E-state index < -0.39 is 11.6 Å². The Bertz CT molecular complexity index is 786. The van der Waals surface area contributed by atoms with Crippen molar-refractivity contribution in [1.82, 2.24) is 9.55 Å². The maximum Gasteiger partial charge on any atom is 0.161 e. The maximum atomic E-state index is 13.3. The van der Waals surface area contributed by atoms with E-state index in [1.54, 1.807) is 17.0 Å². The van der Waals surface area contributed by atoms with Crippen LogP contribution in [0.2, 0.25) is 5.02 Å². The number of anilines is 1.